The lowest BCUT2D eigenvalue weighted by Crippen LogP contribution is -2.51. The predicted molar refractivity (Wildman–Crippen MR) is 141 cm³/mol. The van der Waals surface area contributed by atoms with Crippen molar-refractivity contribution in [3.8, 4) is 17.2 Å². The molecular formula is C29H35F3O7S. The Balaban J connectivity index is 1.46. The average molecular weight is 585 g/mol. The van der Waals surface area contributed by atoms with Crippen LogP contribution in [0.15, 0.2) is 42.5 Å². The van der Waals surface area contributed by atoms with Gasteiger partial charge in [-0.2, -0.15) is 21.6 Å². The molecule has 1 spiro atoms. The maximum absolute atomic E-state index is 13.4. The Bertz CT molecular complexity index is 1300. The van der Waals surface area contributed by atoms with Gasteiger partial charge in [0.1, 0.15) is 17.1 Å². The monoisotopic (exact) mass is 584 g/mol. The second-order valence-corrected chi connectivity index (χ2v) is 12.9. The molecule has 2 aromatic carbocycles. The first-order chi connectivity index (χ1) is 18.8. The quantitative estimate of drug-likeness (QED) is 0.259. The number of hydrogen-bond donors (Lipinski definition) is 0. The smallest absolute Gasteiger partial charge is 0.490 e. The standard InChI is InChI=1S/C29H35F3O7S/c1-19(8-7-11-20-9-5-4-6-10-20)37-21-16-24-26(25(17-21)39-40(33,34)29(30,31)32)22-18-28(35-14-15-36-28)13-12-23(22)27(2,3)38-24/h4-6,9-10,16-17,19,22-23H,7-8,11-15,18H2,1-3H3/t19?,22-,23-/m1/s1. The van der Waals surface area contributed by atoms with Crippen molar-refractivity contribution in [2.24, 2.45) is 5.92 Å². The molecule has 0 amide bonds. The molecule has 5 rings (SSSR count). The van der Waals surface area contributed by atoms with Gasteiger partial charge in [0.05, 0.1) is 19.3 Å². The first-order valence-electron chi connectivity index (χ1n) is 13.6. The van der Waals surface area contributed by atoms with Crippen molar-refractivity contribution < 1.29 is 44.7 Å². The molecule has 2 fully saturated rings. The van der Waals surface area contributed by atoms with Gasteiger partial charge in [-0.25, -0.2) is 0 Å². The van der Waals surface area contributed by atoms with Gasteiger partial charge in [0.25, 0.3) is 0 Å². The summed E-state index contributed by atoms with van der Waals surface area (Å²) < 4.78 is 93.7. The number of aryl methyl sites for hydroxylation is 1. The summed E-state index contributed by atoms with van der Waals surface area (Å²) in [4.78, 5) is 0. The van der Waals surface area contributed by atoms with E-state index in [1.165, 1.54) is 11.6 Å². The number of fused-ring (bicyclic) bond motifs is 3. The fourth-order valence-electron chi connectivity index (χ4n) is 6.27. The molecule has 0 aromatic heterocycles. The number of halogens is 3. The van der Waals surface area contributed by atoms with Crippen LogP contribution in [0.25, 0.3) is 0 Å². The minimum absolute atomic E-state index is 0.127. The Morgan fingerprint density at radius 2 is 1.80 bits per heavy atom. The van der Waals surface area contributed by atoms with E-state index in [9.17, 15) is 21.6 Å². The second kappa shape index (κ2) is 10.7. The van der Waals surface area contributed by atoms with Crippen LogP contribution >= 0.6 is 0 Å². The molecule has 0 radical (unpaired) electrons. The molecular weight excluding hydrogens is 549 g/mol. The van der Waals surface area contributed by atoms with Gasteiger partial charge in [-0.15, -0.1) is 0 Å². The number of benzene rings is 2. The molecule has 2 heterocycles. The molecule has 220 valence electrons. The summed E-state index contributed by atoms with van der Waals surface area (Å²) in [6, 6.07) is 12.8. The third-order valence-electron chi connectivity index (χ3n) is 8.12. The van der Waals surface area contributed by atoms with Crippen LogP contribution in [0.5, 0.6) is 17.2 Å². The highest BCUT2D eigenvalue weighted by molar-refractivity contribution is 7.88. The third kappa shape index (κ3) is 5.92. The van der Waals surface area contributed by atoms with Crippen LogP contribution in [-0.2, 0) is 26.0 Å². The summed E-state index contributed by atoms with van der Waals surface area (Å²) in [7, 11) is -5.94. The normalized spacial score (nSPS) is 24.1. The molecule has 0 N–H and O–H groups in total. The lowest BCUT2D eigenvalue weighted by molar-refractivity contribution is -0.198. The molecule has 1 saturated heterocycles. The van der Waals surface area contributed by atoms with Gasteiger partial charge in [-0.3, -0.25) is 0 Å². The number of hydrogen-bond acceptors (Lipinski definition) is 7. The van der Waals surface area contributed by atoms with Crippen LogP contribution in [0.4, 0.5) is 13.2 Å². The first-order valence-corrected chi connectivity index (χ1v) is 15.1. The Morgan fingerprint density at radius 1 is 1.10 bits per heavy atom. The van der Waals surface area contributed by atoms with Crippen LogP contribution in [0.1, 0.15) is 69.9 Å². The predicted octanol–water partition coefficient (Wildman–Crippen LogP) is 6.50. The molecule has 3 atom stereocenters. The van der Waals surface area contributed by atoms with E-state index in [1.807, 2.05) is 51.1 Å². The van der Waals surface area contributed by atoms with Gasteiger partial charge in [-0.05, 0) is 52.0 Å². The highest BCUT2D eigenvalue weighted by Crippen LogP contribution is 2.58. The van der Waals surface area contributed by atoms with Gasteiger partial charge in [0.15, 0.2) is 11.5 Å². The van der Waals surface area contributed by atoms with Crippen molar-refractivity contribution in [2.45, 2.75) is 88.2 Å². The van der Waals surface area contributed by atoms with Gasteiger partial charge in [0.2, 0.25) is 0 Å². The maximum atomic E-state index is 13.4. The summed E-state index contributed by atoms with van der Waals surface area (Å²) in [6.07, 6.45) is 3.64. The molecule has 1 saturated carbocycles. The molecule has 0 bridgehead atoms. The number of rotatable bonds is 8. The summed E-state index contributed by atoms with van der Waals surface area (Å²) >= 11 is 0. The molecule has 3 aliphatic rings. The summed E-state index contributed by atoms with van der Waals surface area (Å²) in [5.74, 6) is -1.44. The van der Waals surface area contributed by atoms with Crippen molar-refractivity contribution in [1.82, 2.24) is 0 Å². The summed E-state index contributed by atoms with van der Waals surface area (Å²) in [6.45, 7) is 6.55. The minimum Gasteiger partial charge on any atom is -0.490 e. The molecule has 2 aliphatic heterocycles. The van der Waals surface area contributed by atoms with Crippen LogP contribution in [0.3, 0.4) is 0 Å². The fraction of sp³-hybridized carbons (Fsp3) is 0.586. The van der Waals surface area contributed by atoms with E-state index in [1.54, 1.807) is 6.07 Å². The Morgan fingerprint density at radius 3 is 2.48 bits per heavy atom. The van der Waals surface area contributed by atoms with E-state index in [-0.39, 0.29) is 29.1 Å². The van der Waals surface area contributed by atoms with Gasteiger partial charge in [0, 0.05) is 42.4 Å². The van der Waals surface area contributed by atoms with Crippen molar-refractivity contribution in [2.75, 3.05) is 13.2 Å². The van der Waals surface area contributed by atoms with E-state index in [2.05, 4.69) is 0 Å². The highest BCUT2D eigenvalue weighted by Gasteiger charge is 2.55. The lowest BCUT2D eigenvalue weighted by Gasteiger charge is -2.51. The summed E-state index contributed by atoms with van der Waals surface area (Å²) in [5.41, 5.74) is -4.82. The van der Waals surface area contributed by atoms with Gasteiger partial charge >= 0.3 is 15.6 Å². The van der Waals surface area contributed by atoms with Gasteiger partial charge in [-0.1, -0.05) is 30.3 Å². The van der Waals surface area contributed by atoms with E-state index in [0.717, 1.165) is 12.8 Å². The lowest BCUT2D eigenvalue weighted by atomic mass is 9.65. The third-order valence-corrected chi connectivity index (χ3v) is 9.09. The van der Waals surface area contributed by atoms with Crippen molar-refractivity contribution in [3.63, 3.8) is 0 Å². The zero-order valence-electron chi connectivity index (χ0n) is 22.8. The zero-order valence-corrected chi connectivity index (χ0v) is 23.6. The topological polar surface area (TPSA) is 80.3 Å². The molecule has 1 unspecified atom stereocenters. The molecule has 7 nitrogen and oxygen atoms in total. The minimum atomic E-state index is -5.94. The van der Waals surface area contributed by atoms with E-state index < -0.39 is 38.7 Å². The SMILES string of the molecule is CC(CCCc1ccccc1)Oc1cc2c(c(OS(=O)(=O)C(F)(F)F)c1)[C@@H]1CC3(CC[C@H]1C(C)(C)O2)OCCO3. The van der Waals surface area contributed by atoms with E-state index in [0.29, 0.717) is 38.9 Å². The number of alkyl halides is 3. The fourth-order valence-corrected chi connectivity index (χ4v) is 6.74. The Labute approximate surface area is 233 Å². The second-order valence-electron chi connectivity index (χ2n) is 11.4. The highest BCUT2D eigenvalue weighted by atomic mass is 32.2. The van der Waals surface area contributed by atoms with Crippen LogP contribution in [0.2, 0.25) is 0 Å². The number of ether oxygens (including phenoxy) is 4. The largest absolute Gasteiger partial charge is 0.534 e. The van der Waals surface area contributed by atoms with Crippen LogP contribution in [0, 0.1) is 5.92 Å². The summed E-state index contributed by atoms with van der Waals surface area (Å²) in [5, 5.41) is 0. The van der Waals surface area contributed by atoms with E-state index in [4.69, 9.17) is 23.1 Å². The maximum Gasteiger partial charge on any atom is 0.534 e. The molecule has 1 aliphatic carbocycles. The van der Waals surface area contributed by atoms with E-state index >= 15 is 0 Å². The van der Waals surface area contributed by atoms with Crippen molar-refractivity contribution in [3.05, 3.63) is 53.6 Å². The molecule has 40 heavy (non-hydrogen) atoms. The molecule has 2 aromatic rings. The zero-order chi connectivity index (χ0) is 28.8. The first kappa shape index (κ1) is 29.0. The Hall–Kier alpha value is -2.50. The Kier molecular flexibility index (Phi) is 7.78. The van der Waals surface area contributed by atoms with Crippen molar-refractivity contribution in [1.29, 1.82) is 0 Å². The molecule has 11 heteroatoms. The van der Waals surface area contributed by atoms with Crippen molar-refractivity contribution >= 4 is 10.1 Å². The average Bonchev–Trinajstić information content (AvgIpc) is 3.30. The van der Waals surface area contributed by atoms with Crippen LogP contribution in [-0.4, -0.2) is 44.6 Å². The van der Waals surface area contributed by atoms with Crippen LogP contribution < -0.4 is 13.7 Å². The van der Waals surface area contributed by atoms with Gasteiger partial charge < -0.3 is 23.1 Å².